The Morgan fingerprint density at radius 1 is 1.15 bits per heavy atom. The molecule has 20 heavy (non-hydrogen) atoms. The normalized spacial score (nSPS) is 10.5. The van der Waals surface area contributed by atoms with E-state index in [0.717, 1.165) is 0 Å². The van der Waals surface area contributed by atoms with Crippen molar-refractivity contribution in [3.63, 3.8) is 0 Å². The number of phenols is 1. The molecule has 1 N–H and O–H groups in total. The highest BCUT2D eigenvalue weighted by Gasteiger charge is 2.26. The van der Waals surface area contributed by atoms with E-state index in [1.807, 2.05) is 13.8 Å². The molecule has 0 atom stereocenters. The van der Waals surface area contributed by atoms with Crippen LogP contribution >= 0.6 is 0 Å². The van der Waals surface area contributed by atoms with Gasteiger partial charge in [0.05, 0.1) is 14.2 Å². The van der Waals surface area contributed by atoms with Gasteiger partial charge >= 0.3 is 0 Å². The predicted molar refractivity (Wildman–Crippen MR) is 75.0 cm³/mol. The largest absolute Gasteiger partial charge is 0.506 e. The number of ether oxygens (including phenoxy) is 2. The number of aromatic hydroxyl groups is 1. The van der Waals surface area contributed by atoms with Crippen molar-refractivity contribution in [2.24, 2.45) is 5.92 Å². The number of rotatable bonds is 6. The maximum atomic E-state index is 12.2. The average Bonchev–Trinajstić information content (AvgIpc) is 2.35. The second kappa shape index (κ2) is 6.41. The second-order valence-electron chi connectivity index (χ2n) is 4.96. The SMILES string of the molecule is COc1cc(OC)c(C(=O)CC(C)C)c(O)c1C(C)=O. The maximum absolute atomic E-state index is 12.2. The number of ketones is 2. The van der Waals surface area contributed by atoms with E-state index in [0.29, 0.717) is 0 Å². The second-order valence-corrected chi connectivity index (χ2v) is 4.96. The molecule has 110 valence electrons. The fourth-order valence-electron chi connectivity index (χ4n) is 2.03. The molecule has 0 radical (unpaired) electrons. The minimum absolute atomic E-state index is 0.000376. The van der Waals surface area contributed by atoms with Crippen LogP contribution in [0.15, 0.2) is 6.07 Å². The number of carbonyl (C=O) groups is 2. The summed E-state index contributed by atoms with van der Waals surface area (Å²) in [7, 11) is 2.78. The van der Waals surface area contributed by atoms with Crippen LogP contribution in [0.3, 0.4) is 0 Å². The molecule has 5 nitrogen and oxygen atoms in total. The van der Waals surface area contributed by atoms with Crippen LogP contribution in [0.4, 0.5) is 0 Å². The fourth-order valence-corrected chi connectivity index (χ4v) is 2.03. The Bertz CT molecular complexity index is 532. The summed E-state index contributed by atoms with van der Waals surface area (Å²) in [6.45, 7) is 5.11. The van der Waals surface area contributed by atoms with Crippen LogP contribution in [0.1, 0.15) is 47.9 Å². The zero-order chi connectivity index (χ0) is 15.4. The third kappa shape index (κ3) is 3.10. The van der Waals surface area contributed by atoms with Gasteiger partial charge in [0.2, 0.25) is 0 Å². The van der Waals surface area contributed by atoms with Gasteiger partial charge in [0.15, 0.2) is 11.6 Å². The van der Waals surface area contributed by atoms with E-state index in [2.05, 4.69) is 0 Å². The van der Waals surface area contributed by atoms with Crippen molar-refractivity contribution in [1.29, 1.82) is 0 Å². The first-order valence-electron chi connectivity index (χ1n) is 6.35. The zero-order valence-electron chi connectivity index (χ0n) is 12.4. The average molecular weight is 280 g/mol. The van der Waals surface area contributed by atoms with Crippen LogP contribution in [0, 0.1) is 5.92 Å². The van der Waals surface area contributed by atoms with E-state index in [-0.39, 0.29) is 52.3 Å². The molecule has 0 unspecified atom stereocenters. The molecular weight excluding hydrogens is 260 g/mol. The van der Waals surface area contributed by atoms with Crippen molar-refractivity contribution in [3.05, 3.63) is 17.2 Å². The number of carbonyl (C=O) groups excluding carboxylic acids is 2. The number of Topliss-reactive ketones (excluding diaryl/α,β-unsaturated/α-hetero) is 2. The van der Waals surface area contributed by atoms with Crippen molar-refractivity contribution in [2.45, 2.75) is 27.2 Å². The Kier molecular flexibility index (Phi) is 5.13. The summed E-state index contributed by atoms with van der Waals surface area (Å²) in [6.07, 6.45) is 0.258. The Hall–Kier alpha value is -2.04. The highest BCUT2D eigenvalue weighted by atomic mass is 16.5. The van der Waals surface area contributed by atoms with Gasteiger partial charge < -0.3 is 14.6 Å². The van der Waals surface area contributed by atoms with Crippen molar-refractivity contribution < 1.29 is 24.2 Å². The van der Waals surface area contributed by atoms with Gasteiger partial charge in [-0.1, -0.05) is 13.8 Å². The zero-order valence-corrected chi connectivity index (χ0v) is 12.4. The third-order valence-electron chi connectivity index (χ3n) is 2.89. The molecular formula is C15H20O5. The lowest BCUT2D eigenvalue weighted by molar-refractivity contribution is 0.0962. The first kappa shape index (κ1) is 16.0. The predicted octanol–water partition coefficient (Wildman–Crippen LogP) is 2.84. The van der Waals surface area contributed by atoms with E-state index in [1.165, 1.54) is 27.2 Å². The summed E-state index contributed by atoms with van der Waals surface area (Å²) in [5.74, 6) is -0.489. The van der Waals surface area contributed by atoms with Gasteiger partial charge in [0.25, 0.3) is 0 Å². The molecule has 0 saturated heterocycles. The van der Waals surface area contributed by atoms with Gasteiger partial charge in [-0.15, -0.1) is 0 Å². The summed E-state index contributed by atoms with van der Waals surface area (Å²) in [6, 6.07) is 1.45. The third-order valence-corrected chi connectivity index (χ3v) is 2.89. The number of benzene rings is 1. The van der Waals surface area contributed by atoms with Crippen molar-refractivity contribution >= 4 is 11.6 Å². The number of methoxy groups -OCH3 is 2. The van der Waals surface area contributed by atoms with Gasteiger partial charge in [-0.05, 0) is 12.8 Å². The first-order chi connectivity index (χ1) is 9.33. The van der Waals surface area contributed by atoms with E-state index >= 15 is 0 Å². The standard InChI is InChI=1S/C15H20O5/c1-8(2)6-10(17)14-12(20-5)7-11(19-4)13(9(3)16)15(14)18/h7-8,18H,6H2,1-5H3. The van der Waals surface area contributed by atoms with Gasteiger partial charge in [-0.2, -0.15) is 0 Å². The van der Waals surface area contributed by atoms with Crippen LogP contribution in [0.25, 0.3) is 0 Å². The number of hydrogen-bond acceptors (Lipinski definition) is 5. The van der Waals surface area contributed by atoms with E-state index in [1.54, 1.807) is 0 Å². The van der Waals surface area contributed by atoms with E-state index < -0.39 is 0 Å². The molecule has 0 aliphatic heterocycles. The summed E-state index contributed by atoms with van der Waals surface area (Å²) in [4.78, 5) is 23.9. The Labute approximate surface area is 118 Å². The molecule has 1 rings (SSSR count). The minimum atomic E-state index is -0.376. The van der Waals surface area contributed by atoms with Crippen molar-refractivity contribution in [3.8, 4) is 17.2 Å². The molecule has 0 amide bonds. The quantitative estimate of drug-likeness (QED) is 0.811. The Morgan fingerprint density at radius 2 is 1.65 bits per heavy atom. The lowest BCUT2D eigenvalue weighted by atomic mass is 9.96. The molecule has 0 fully saturated rings. The van der Waals surface area contributed by atoms with Gasteiger partial charge in [0.1, 0.15) is 28.4 Å². The number of hydrogen-bond donors (Lipinski definition) is 1. The van der Waals surface area contributed by atoms with E-state index in [9.17, 15) is 14.7 Å². The smallest absolute Gasteiger partial charge is 0.170 e. The van der Waals surface area contributed by atoms with Gasteiger partial charge in [-0.3, -0.25) is 9.59 Å². The topological polar surface area (TPSA) is 72.8 Å². The van der Waals surface area contributed by atoms with E-state index in [4.69, 9.17) is 9.47 Å². The van der Waals surface area contributed by atoms with Crippen LogP contribution in [0.5, 0.6) is 17.2 Å². The molecule has 0 bridgehead atoms. The number of phenolic OH excluding ortho intramolecular Hbond substituents is 1. The summed E-state index contributed by atoms with van der Waals surface area (Å²) in [5, 5.41) is 10.3. The van der Waals surface area contributed by atoms with Gasteiger partial charge in [-0.25, -0.2) is 0 Å². The molecule has 5 heteroatoms. The molecule has 0 aliphatic carbocycles. The summed E-state index contributed by atoms with van der Waals surface area (Å²) >= 11 is 0. The molecule has 0 saturated carbocycles. The van der Waals surface area contributed by atoms with Crippen LogP contribution in [0.2, 0.25) is 0 Å². The van der Waals surface area contributed by atoms with Crippen LogP contribution < -0.4 is 9.47 Å². The molecule has 1 aromatic rings. The highest BCUT2D eigenvalue weighted by Crippen LogP contribution is 2.39. The van der Waals surface area contributed by atoms with Crippen molar-refractivity contribution in [1.82, 2.24) is 0 Å². The van der Waals surface area contributed by atoms with Crippen LogP contribution in [-0.2, 0) is 0 Å². The van der Waals surface area contributed by atoms with Crippen molar-refractivity contribution in [2.75, 3.05) is 14.2 Å². The highest BCUT2D eigenvalue weighted by molar-refractivity contribution is 6.08. The van der Waals surface area contributed by atoms with Crippen LogP contribution in [-0.4, -0.2) is 30.9 Å². The summed E-state index contributed by atoms with van der Waals surface area (Å²) in [5.41, 5.74) is 0.0348. The fraction of sp³-hybridized carbons (Fsp3) is 0.467. The lowest BCUT2D eigenvalue weighted by Gasteiger charge is -2.16. The maximum Gasteiger partial charge on any atom is 0.170 e. The molecule has 0 aliphatic rings. The molecule has 1 aromatic carbocycles. The first-order valence-corrected chi connectivity index (χ1v) is 6.35. The monoisotopic (exact) mass is 280 g/mol. The molecule has 0 spiro atoms. The molecule has 0 aromatic heterocycles. The minimum Gasteiger partial charge on any atom is -0.506 e. The summed E-state index contributed by atoms with van der Waals surface area (Å²) < 4.78 is 10.2. The lowest BCUT2D eigenvalue weighted by Crippen LogP contribution is -2.09. The van der Waals surface area contributed by atoms with Gasteiger partial charge in [0, 0.05) is 12.5 Å². The molecule has 0 heterocycles. The Morgan fingerprint density at radius 3 is 2.05 bits per heavy atom. The Balaban J connectivity index is 3.53.